The monoisotopic (exact) mass is 541 g/mol. The molecule has 5 aromatic rings. The fourth-order valence-electron chi connectivity index (χ4n) is 3.45. The van der Waals surface area contributed by atoms with E-state index in [1.54, 1.807) is 30.5 Å². The highest BCUT2D eigenvalue weighted by Crippen LogP contribution is 2.33. The molecule has 0 aliphatic heterocycles. The van der Waals surface area contributed by atoms with Crippen LogP contribution >= 0.6 is 39.1 Å². The van der Waals surface area contributed by atoms with Gasteiger partial charge in [0.25, 0.3) is 5.56 Å². The average Bonchev–Trinajstić information content (AvgIpc) is 3.38. The number of benzene rings is 3. The molecule has 0 spiro atoms. The van der Waals surface area contributed by atoms with Gasteiger partial charge in [0.2, 0.25) is 0 Å². The molecular formula is C25H18BrCl2N3O2. The van der Waals surface area contributed by atoms with Crippen LogP contribution in [0.4, 0.5) is 0 Å². The first-order valence-corrected chi connectivity index (χ1v) is 11.7. The molecule has 0 saturated carbocycles. The lowest BCUT2D eigenvalue weighted by molar-refractivity contribution is 0.572. The second-order valence-corrected chi connectivity index (χ2v) is 8.48. The van der Waals surface area contributed by atoms with Crippen LogP contribution in [0.2, 0.25) is 10.0 Å². The van der Waals surface area contributed by atoms with Gasteiger partial charge in [-0.1, -0.05) is 77.2 Å². The SMILES string of the molecule is CC.O=c1c2ccccc2c(-c2cc(Br)cc(-c3cnco3)c2)nn1-c1cccc(Cl)c1Cl. The van der Waals surface area contributed by atoms with Crippen LogP contribution in [0.3, 0.4) is 0 Å². The molecular weight excluding hydrogens is 525 g/mol. The first-order valence-electron chi connectivity index (χ1n) is 10.2. The van der Waals surface area contributed by atoms with Gasteiger partial charge < -0.3 is 4.42 Å². The molecule has 5 nitrogen and oxygen atoms in total. The van der Waals surface area contributed by atoms with Crippen molar-refractivity contribution < 1.29 is 4.42 Å². The molecule has 5 rings (SSSR count). The van der Waals surface area contributed by atoms with Gasteiger partial charge in [0.1, 0.15) is 0 Å². The van der Waals surface area contributed by atoms with Crippen molar-refractivity contribution >= 4 is 49.9 Å². The molecule has 0 radical (unpaired) electrons. The molecule has 2 heterocycles. The summed E-state index contributed by atoms with van der Waals surface area (Å²) < 4.78 is 7.58. The summed E-state index contributed by atoms with van der Waals surface area (Å²) in [6.45, 7) is 4.00. The van der Waals surface area contributed by atoms with Crippen LogP contribution in [0, 0.1) is 0 Å². The van der Waals surface area contributed by atoms with Gasteiger partial charge in [-0.2, -0.15) is 9.78 Å². The number of oxazole rings is 1. The number of halogens is 3. The first kappa shape index (κ1) is 23.2. The van der Waals surface area contributed by atoms with E-state index in [1.807, 2.05) is 50.2 Å². The molecule has 0 aliphatic rings. The molecule has 0 N–H and O–H groups in total. The lowest BCUT2D eigenvalue weighted by atomic mass is 10.0. The van der Waals surface area contributed by atoms with Gasteiger partial charge in [-0.05, 0) is 36.4 Å². The smallest absolute Gasteiger partial charge is 0.279 e. The van der Waals surface area contributed by atoms with E-state index in [9.17, 15) is 4.79 Å². The summed E-state index contributed by atoms with van der Waals surface area (Å²) in [6, 6.07) is 18.2. The van der Waals surface area contributed by atoms with Crippen molar-refractivity contribution in [2.45, 2.75) is 13.8 Å². The van der Waals surface area contributed by atoms with Crippen molar-refractivity contribution in [3.63, 3.8) is 0 Å². The topological polar surface area (TPSA) is 60.9 Å². The fourth-order valence-corrected chi connectivity index (χ4v) is 4.32. The lowest BCUT2D eigenvalue weighted by Crippen LogP contribution is -2.22. The second kappa shape index (κ2) is 9.91. The number of nitrogens with zero attached hydrogens (tertiary/aromatic N) is 3. The van der Waals surface area contributed by atoms with Gasteiger partial charge in [-0.3, -0.25) is 4.79 Å². The summed E-state index contributed by atoms with van der Waals surface area (Å²) in [4.78, 5) is 17.3. The van der Waals surface area contributed by atoms with Gasteiger partial charge in [0.15, 0.2) is 12.2 Å². The van der Waals surface area contributed by atoms with Crippen molar-refractivity contribution in [1.29, 1.82) is 0 Å². The van der Waals surface area contributed by atoms with Gasteiger partial charge in [0.05, 0.1) is 33.0 Å². The normalized spacial score (nSPS) is 10.7. The Labute approximate surface area is 208 Å². The Bertz CT molecular complexity index is 1500. The van der Waals surface area contributed by atoms with E-state index in [1.165, 1.54) is 11.1 Å². The van der Waals surface area contributed by atoms with Gasteiger partial charge in [-0.25, -0.2) is 4.98 Å². The van der Waals surface area contributed by atoms with E-state index in [-0.39, 0.29) is 10.6 Å². The van der Waals surface area contributed by atoms with Crippen LogP contribution in [0.15, 0.2) is 86.9 Å². The van der Waals surface area contributed by atoms with E-state index in [4.69, 9.17) is 32.7 Å². The van der Waals surface area contributed by atoms with Gasteiger partial charge >= 0.3 is 0 Å². The molecule has 8 heteroatoms. The van der Waals surface area contributed by atoms with E-state index in [0.717, 1.165) is 21.0 Å². The quantitative estimate of drug-likeness (QED) is 0.233. The highest BCUT2D eigenvalue weighted by atomic mass is 79.9. The molecule has 0 bridgehead atoms. The highest BCUT2D eigenvalue weighted by molar-refractivity contribution is 9.10. The van der Waals surface area contributed by atoms with Crippen molar-refractivity contribution in [3.05, 3.63) is 98.1 Å². The number of hydrogen-bond acceptors (Lipinski definition) is 4. The van der Waals surface area contributed by atoms with Crippen molar-refractivity contribution in [3.8, 4) is 28.3 Å². The molecule has 0 saturated heterocycles. The first-order chi connectivity index (χ1) is 16.0. The number of rotatable bonds is 3. The van der Waals surface area contributed by atoms with Crippen LogP contribution < -0.4 is 5.56 Å². The van der Waals surface area contributed by atoms with Crippen LogP contribution in [0.1, 0.15) is 13.8 Å². The van der Waals surface area contributed by atoms with Crippen LogP contribution in [0.25, 0.3) is 39.0 Å². The van der Waals surface area contributed by atoms with Gasteiger partial charge in [-0.15, -0.1) is 0 Å². The standard InChI is InChI=1S/C23H12BrCl2N3O2.C2H6/c24-15-9-13(20-11-27-12-31-20)8-14(10-15)22-16-4-1-2-5-17(16)23(30)29(28-22)19-7-3-6-18(25)21(19)26;1-2/h1-12H;1-2H3. The number of hydrogen-bond donors (Lipinski definition) is 0. The molecule has 0 amide bonds. The summed E-state index contributed by atoms with van der Waals surface area (Å²) in [5.74, 6) is 0.623. The molecule has 0 unspecified atom stereocenters. The molecule has 0 aliphatic carbocycles. The minimum Gasteiger partial charge on any atom is -0.444 e. The molecule has 33 heavy (non-hydrogen) atoms. The fraction of sp³-hybridized carbons (Fsp3) is 0.0800. The van der Waals surface area contributed by atoms with E-state index in [0.29, 0.717) is 27.6 Å². The van der Waals surface area contributed by atoms with E-state index in [2.05, 4.69) is 20.9 Å². The molecule has 166 valence electrons. The van der Waals surface area contributed by atoms with Crippen LogP contribution in [-0.4, -0.2) is 14.8 Å². The predicted octanol–water partition coefficient (Wildman–Crippen LogP) is 7.80. The van der Waals surface area contributed by atoms with Gasteiger partial charge in [0, 0.05) is 21.0 Å². The zero-order valence-corrected chi connectivity index (χ0v) is 20.8. The maximum absolute atomic E-state index is 13.3. The largest absolute Gasteiger partial charge is 0.444 e. The zero-order chi connectivity index (χ0) is 23.5. The maximum Gasteiger partial charge on any atom is 0.279 e. The highest BCUT2D eigenvalue weighted by Gasteiger charge is 2.17. The Morgan fingerprint density at radius 1 is 0.939 bits per heavy atom. The third kappa shape index (κ3) is 4.47. The zero-order valence-electron chi connectivity index (χ0n) is 17.7. The van der Waals surface area contributed by atoms with Crippen molar-refractivity contribution in [2.24, 2.45) is 0 Å². The second-order valence-electron chi connectivity index (χ2n) is 6.78. The Morgan fingerprint density at radius 3 is 2.39 bits per heavy atom. The average molecular weight is 543 g/mol. The third-order valence-electron chi connectivity index (χ3n) is 4.85. The molecule has 3 aromatic carbocycles. The summed E-state index contributed by atoms with van der Waals surface area (Å²) in [5, 5.41) is 6.55. The van der Waals surface area contributed by atoms with Crippen molar-refractivity contribution in [1.82, 2.24) is 14.8 Å². The molecule has 0 fully saturated rings. The summed E-state index contributed by atoms with van der Waals surface area (Å²) in [6.07, 6.45) is 3.02. The predicted molar refractivity (Wildman–Crippen MR) is 137 cm³/mol. The Balaban J connectivity index is 0.00000126. The lowest BCUT2D eigenvalue weighted by Gasteiger charge is -2.13. The minimum absolute atomic E-state index is 0.261. The Kier molecular flexibility index (Phi) is 6.98. The van der Waals surface area contributed by atoms with Crippen molar-refractivity contribution in [2.75, 3.05) is 0 Å². The summed E-state index contributed by atoms with van der Waals surface area (Å²) in [5.41, 5.74) is 2.37. The molecule has 2 aromatic heterocycles. The summed E-state index contributed by atoms with van der Waals surface area (Å²) >= 11 is 16.2. The van der Waals surface area contributed by atoms with Crippen LogP contribution in [-0.2, 0) is 0 Å². The minimum atomic E-state index is -0.283. The van der Waals surface area contributed by atoms with E-state index >= 15 is 0 Å². The third-order valence-corrected chi connectivity index (χ3v) is 6.12. The van der Waals surface area contributed by atoms with Crippen LogP contribution in [0.5, 0.6) is 0 Å². The number of fused-ring (bicyclic) bond motifs is 1. The number of aromatic nitrogens is 3. The molecule has 0 atom stereocenters. The Morgan fingerprint density at radius 2 is 1.67 bits per heavy atom. The summed E-state index contributed by atoms with van der Waals surface area (Å²) in [7, 11) is 0. The van der Waals surface area contributed by atoms with E-state index < -0.39 is 0 Å². The Hall–Kier alpha value is -2.93. The maximum atomic E-state index is 13.3.